The molecule has 0 aliphatic carbocycles. The highest BCUT2D eigenvalue weighted by Gasteiger charge is 2.12. The quantitative estimate of drug-likeness (QED) is 0.793. The van der Waals surface area contributed by atoms with Gasteiger partial charge < -0.3 is 11.1 Å². The molecule has 0 saturated carbocycles. The van der Waals surface area contributed by atoms with Crippen LogP contribution in [0.15, 0.2) is 34.8 Å². The van der Waals surface area contributed by atoms with Crippen LogP contribution in [0.3, 0.4) is 0 Å². The molecule has 0 heterocycles. The number of aryl methyl sites for hydroxylation is 2. The molecule has 2 nitrogen and oxygen atoms in total. The van der Waals surface area contributed by atoms with Crippen LogP contribution in [0.1, 0.15) is 16.7 Å². The second kappa shape index (κ2) is 5.89. The molecule has 0 spiro atoms. The van der Waals surface area contributed by atoms with Crippen LogP contribution in [0.4, 0.5) is 15.8 Å². The number of nitrogens with one attached hydrogen (secondary N) is 1. The van der Waals surface area contributed by atoms with Crippen molar-refractivity contribution in [2.75, 3.05) is 5.32 Å². The van der Waals surface area contributed by atoms with Gasteiger partial charge in [0.25, 0.3) is 0 Å². The first-order chi connectivity index (χ1) is 9.40. The molecule has 0 bridgehead atoms. The lowest BCUT2D eigenvalue weighted by molar-refractivity contribution is 0.626. The summed E-state index contributed by atoms with van der Waals surface area (Å²) in [6.45, 7) is 4.00. The number of thiocarbonyl (C=S) groups is 1. The van der Waals surface area contributed by atoms with Gasteiger partial charge in [-0.1, -0.05) is 34.2 Å². The van der Waals surface area contributed by atoms with E-state index in [4.69, 9.17) is 18.0 Å². The predicted molar refractivity (Wildman–Crippen MR) is 89.2 cm³/mol. The van der Waals surface area contributed by atoms with E-state index in [0.29, 0.717) is 5.69 Å². The van der Waals surface area contributed by atoms with E-state index < -0.39 is 5.82 Å². The summed E-state index contributed by atoms with van der Waals surface area (Å²) in [5.74, 6) is -0.423. The first-order valence-corrected chi connectivity index (χ1v) is 7.22. The summed E-state index contributed by atoms with van der Waals surface area (Å²) in [6, 6.07) is 8.68. The van der Waals surface area contributed by atoms with Crippen LogP contribution in [-0.2, 0) is 0 Å². The first-order valence-electron chi connectivity index (χ1n) is 6.02. The van der Waals surface area contributed by atoms with Crippen LogP contribution >= 0.6 is 28.1 Å². The van der Waals surface area contributed by atoms with E-state index in [2.05, 4.69) is 21.2 Å². The Morgan fingerprint density at radius 1 is 1.25 bits per heavy atom. The summed E-state index contributed by atoms with van der Waals surface area (Å²) < 4.78 is 14.9. The van der Waals surface area contributed by atoms with Crippen LogP contribution < -0.4 is 11.1 Å². The van der Waals surface area contributed by atoms with Crippen molar-refractivity contribution in [1.82, 2.24) is 0 Å². The van der Waals surface area contributed by atoms with Gasteiger partial charge in [-0.25, -0.2) is 4.39 Å². The van der Waals surface area contributed by atoms with Gasteiger partial charge in [0.2, 0.25) is 0 Å². The first kappa shape index (κ1) is 14.9. The van der Waals surface area contributed by atoms with E-state index in [-0.39, 0.29) is 10.6 Å². The van der Waals surface area contributed by atoms with Gasteiger partial charge in [0, 0.05) is 10.2 Å². The maximum absolute atomic E-state index is 13.8. The highest BCUT2D eigenvalue weighted by Crippen LogP contribution is 2.28. The maximum Gasteiger partial charge on any atom is 0.135 e. The lowest BCUT2D eigenvalue weighted by atomic mass is 10.1. The van der Waals surface area contributed by atoms with Gasteiger partial charge in [-0.3, -0.25) is 0 Å². The molecular formula is C15H14BrFN2S. The Morgan fingerprint density at radius 3 is 2.40 bits per heavy atom. The van der Waals surface area contributed by atoms with Crippen molar-refractivity contribution in [3.63, 3.8) is 0 Å². The van der Waals surface area contributed by atoms with E-state index in [0.717, 1.165) is 21.3 Å². The molecule has 104 valence electrons. The fourth-order valence-corrected chi connectivity index (χ4v) is 2.49. The normalized spacial score (nSPS) is 10.4. The Kier molecular flexibility index (Phi) is 4.40. The molecule has 5 heteroatoms. The van der Waals surface area contributed by atoms with Gasteiger partial charge in [0.1, 0.15) is 10.8 Å². The minimum absolute atomic E-state index is 0.0381. The van der Waals surface area contributed by atoms with Gasteiger partial charge in [-0.2, -0.15) is 0 Å². The fourth-order valence-electron chi connectivity index (χ4n) is 2.05. The lowest BCUT2D eigenvalue weighted by Gasteiger charge is -2.14. The summed E-state index contributed by atoms with van der Waals surface area (Å²) in [7, 11) is 0. The molecule has 2 aromatic rings. The summed E-state index contributed by atoms with van der Waals surface area (Å²) in [4.78, 5) is 0.0381. The molecule has 2 rings (SSSR count). The number of benzene rings is 2. The van der Waals surface area contributed by atoms with Crippen molar-refractivity contribution in [1.29, 1.82) is 0 Å². The van der Waals surface area contributed by atoms with Crippen molar-refractivity contribution in [2.45, 2.75) is 13.8 Å². The topological polar surface area (TPSA) is 38.0 Å². The zero-order valence-corrected chi connectivity index (χ0v) is 13.5. The minimum atomic E-state index is -0.423. The Bertz CT molecular complexity index is 663. The maximum atomic E-state index is 13.8. The number of hydrogen-bond acceptors (Lipinski definition) is 2. The smallest absolute Gasteiger partial charge is 0.135 e. The lowest BCUT2D eigenvalue weighted by Crippen LogP contribution is -2.14. The van der Waals surface area contributed by atoms with Crippen molar-refractivity contribution < 1.29 is 4.39 Å². The van der Waals surface area contributed by atoms with Crippen LogP contribution in [0.25, 0.3) is 0 Å². The van der Waals surface area contributed by atoms with Gasteiger partial charge in [0.05, 0.1) is 11.3 Å². The molecule has 2 aromatic carbocycles. The molecule has 0 aliphatic rings. The summed E-state index contributed by atoms with van der Waals surface area (Å²) >= 11 is 8.44. The third-order valence-electron chi connectivity index (χ3n) is 2.98. The molecule has 0 aliphatic heterocycles. The molecule has 20 heavy (non-hydrogen) atoms. The standard InChI is InChI=1S/C15H14BrFN2S/c1-8-6-10(7-9(2)14(8)16)19-12-5-3-4-11(17)13(12)15(18)20/h3-7,19H,1-2H3,(H2,18,20). The van der Waals surface area contributed by atoms with Crippen LogP contribution in [0.5, 0.6) is 0 Å². The molecule has 0 fully saturated rings. The molecule has 0 saturated heterocycles. The molecule has 3 N–H and O–H groups in total. The number of hydrogen-bond donors (Lipinski definition) is 2. The average Bonchev–Trinajstić information content (AvgIpc) is 2.35. The van der Waals surface area contributed by atoms with Gasteiger partial charge in [-0.15, -0.1) is 0 Å². The highest BCUT2D eigenvalue weighted by atomic mass is 79.9. The average molecular weight is 353 g/mol. The third kappa shape index (κ3) is 2.99. The minimum Gasteiger partial charge on any atom is -0.389 e. The van der Waals surface area contributed by atoms with Crippen LogP contribution in [0.2, 0.25) is 0 Å². The van der Waals surface area contributed by atoms with Gasteiger partial charge in [0.15, 0.2) is 0 Å². The summed E-state index contributed by atoms with van der Waals surface area (Å²) in [5, 5.41) is 3.18. The summed E-state index contributed by atoms with van der Waals surface area (Å²) in [5.41, 5.74) is 9.46. The molecular weight excluding hydrogens is 339 g/mol. The van der Waals surface area contributed by atoms with Crippen molar-refractivity contribution in [3.8, 4) is 0 Å². The Hall–Kier alpha value is -1.46. The molecule has 0 atom stereocenters. The number of rotatable bonds is 3. The Balaban J connectivity index is 2.45. The van der Waals surface area contributed by atoms with Crippen molar-refractivity contribution >= 4 is 44.5 Å². The number of anilines is 2. The van der Waals surface area contributed by atoms with Crippen molar-refractivity contribution in [2.24, 2.45) is 5.73 Å². The summed E-state index contributed by atoms with van der Waals surface area (Å²) in [6.07, 6.45) is 0. The van der Waals surface area contributed by atoms with Crippen LogP contribution in [0, 0.1) is 19.7 Å². The van der Waals surface area contributed by atoms with E-state index in [1.807, 2.05) is 26.0 Å². The van der Waals surface area contributed by atoms with Crippen molar-refractivity contribution in [3.05, 3.63) is 57.3 Å². The van der Waals surface area contributed by atoms with E-state index >= 15 is 0 Å². The van der Waals surface area contributed by atoms with Gasteiger partial charge >= 0.3 is 0 Å². The molecule has 0 aromatic heterocycles. The number of halogens is 2. The predicted octanol–water partition coefficient (Wildman–Crippen LogP) is 4.58. The monoisotopic (exact) mass is 352 g/mol. The Labute approximate surface area is 131 Å². The third-order valence-corrected chi connectivity index (χ3v) is 4.43. The molecule has 0 radical (unpaired) electrons. The largest absolute Gasteiger partial charge is 0.389 e. The molecule has 0 unspecified atom stereocenters. The zero-order valence-electron chi connectivity index (χ0n) is 11.1. The SMILES string of the molecule is Cc1cc(Nc2cccc(F)c2C(N)=S)cc(C)c1Br. The van der Waals surface area contributed by atoms with Gasteiger partial charge in [-0.05, 0) is 49.2 Å². The van der Waals surface area contributed by atoms with E-state index in [1.165, 1.54) is 6.07 Å². The highest BCUT2D eigenvalue weighted by molar-refractivity contribution is 9.10. The zero-order chi connectivity index (χ0) is 14.9. The van der Waals surface area contributed by atoms with E-state index in [9.17, 15) is 4.39 Å². The van der Waals surface area contributed by atoms with E-state index in [1.54, 1.807) is 12.1 Å². The second-order valence-electron chi connectivity index (χ2n) is 4.58. The van der Waals surface area contributed by atoms with Crippen LogP contribution in [-0.4, -0.2) is 4.99 Å². The second-order valence-corrected chi connectivity index (χ2v) is 5.81. The Morgan fingerprint density at radius 2 is 1.85 bits per heavy atom. The fraction of sp³-hybridized carbons (Fsp3) is 0.133. The number of nitrogens with two attached hydrogens (primary N) is 1. The molecule has 0 amide bonds.